The molecule has 1 aromatic heterocycles. The molecule has 0 unspecified atom stereocenters. The largest absolute Gasteiger partial charge is 0.399 e. The molecule has 2 heterocycles. The maximum absolute atomic E-state index is 5.74. The van der Waals surface area contributed by atoms with Gasteiger partial charge < -0.3 is 15.4 Å². The predicted octanol–water partition coefficient (Wildman–Crippen LogP) is 2.29. The van der Waals surface area contributed by atoms with Crippen LogP contribution in [0.25, 0.3) is 11.4 Å². The van der Waals surface area contributed by atoms with E-state index >= 15 is 0 Å². The highest BCUT2D eigenvalue weighted by molar-refractivity contribution is 5.61. The maximum atomic E-state index is 5.74. The van der Waals surface area contributed by atoms with Gasteiger partial charge in [0, 0.05) is 36.1 Å². The van der Waals surface area contributed by atoms with E-state index in [-0.39, 0.29) is 0 Å². The molecule has 0 aliphatic carbocycles. The molecule has 0 spiro atoms. The molecule has 1 fully saturated rings. The number of aromatic nitrogens is 2. The average molecular weight is 296 g/mol. The van der Waals surface area contributed by atoms with Gasteiger partial charge in [0.05, 0.1) is 13.2 Å². The van der Waals surface area contributed by atoms with Crippen molar-refractivity contribution in [3.8, 4) is 11.4 Å². The summed E-state index contributed by atoms with van der Waals surface area (Å²) in [6.07, 6.45) is 4.53. The van der Waals surface area contributed by atoms with Crippen molar-refractivity contribution in [3.63, 3.8) is 0 Å². The van der Waals surface area contributed by atoms with E-state index in [1.165, 1.54) is 0 Å². The number of hydrogen-bond acceptors (Lipinski definition) is 5. The molecule has 5 nitrogen and oxygen atoms in total. The third-order valence-corrected chi connectivity index (χ3v) is 3.69. The molecule has 114 valence electrons. The standard InChI is InChI=1S/C17H20N4O/c1-2-3-14-12-19-16(13-4-6-15(18)7-5-13)20-17(14)21-8-10-22-11-9-21/h2,4-7,12H,1,3,8-11,18H2. The molecule has 1 aliphatic heterocycles. The minimum Gasteiger partial charge on any atom is -0.399 e. The number of nitrogens with zero attached hydrogens (tertiary/aromatic N) is 3. The maximum Gasteiger partial charge on any atom is 0.161 e. The molecule has 0 bridgehead atoms. The molecule has 22 heavy (non-hydrogen) atoms. The van der Waals surface area contributed by atoms with E-state index in [0.717, 1.165) is 55.4 Å². The molecule has 0 radical (unpaired) electrons. The Balaban J connectivity index is 1.98. The molecule has 0 amide bonds. The van der Waals surface area contributed by atoms with Crippen molar-refractivity contribution in [3.05, 3.63) is 48.7 Å². The van der Waals surface area contributed by atoms with Gasteiger partial charge in [-0.25, -0.2) is 9.97 Å². The smallest absolute Gasteiger partial charge is 0.161 e. The van der Waals surface area contributed by atoms with Crippen LogP contribution in [0.1, 0.15) is 5.56 Å². The van der Waals surface area contributed by atoms with Crippen LogP contribution in [0.4, 0.5) is 11.5 Å². The van der Waals surface area contributed by atoms with E-state index in [9.17, 15) is 0 Å². The summed E-state index contributed by atoms with van der Waals surface area (Å²) in [5, 5.41) is 0. The molecular formula is C17H20N4O. The Kier molecular flexibility index (Phi) is 4.34. The number of morpholine rings is 1. The van der Waals surface area contributed by atoms with Crippen molar-refractivity contribution >= 4 is 11.5 Å². The Hall–Kier alpha value is -2.40. The molecular weight excluding hydrogens is 276 g/mol. The summed E-state index contributed by atoms with van der Waals surface area (Å²) >= 11 is 0. The number of nitrogen functional groups attached to an aromatic ring is 1. The van der Waals surface area contributed by atoms with Crippen molar-refractivity contribution in [2.75, 3.05) is 36.9 Å². The number of anilines is 2. The summed E-state index contributed by atoms with van der Waals surface area (Å²) in [5.41, 5.74) is 8.54. The third kappa shape index (κ3) is 3.09. The summed E-state index contributed by atoms with van der Waals surface area (Å²) in [7, 11) is 0. The lowest BCUT2D eigenvalue weighted by Gasteiger charge is -2.29. The fourth-order valence-corrected chi connectivity index (χ4v) is 2.52. The third-order valence-electron chi connectivity index (χ3n) is 3.69. The first-order chi connectivity index (χ1) is 10.8. The number of nitrogens with two attached hydrogens (primary N) is 1. The zero-order valence-electron chi connectivity index (χ0n) is 12.5. The molecule has 1 saturated heterocycles. The quantitative estimate of drug-likeness (QED) is 0.693. The summed E-state index contributed by atoms with van der Waals surface area (Å²) in [6, 6.07) is 7.62. The molecule has 1 aliphatic rings. The van der Waals surface area contributed by atoms with Crippen LogP contribution in [0.15, 0.2) is 43.1 Å². The van der Waals surface area contributed by atoms with Crippen molar-refractivity contribution < 1.29 is 4.74 Å². The minimum absolute atomic E-state index is 0.717. The van der Waals surface area contributed by atoms with Gasteiger partial charge in [0.15, 0.2) is 5.82 Å². The van der Waals surface area contributed by atoms with Gasteiger partial charge in [0.25, 0.3) is 0 Å². The van der Waals surface area contributed by atoms with E-state index < -0.39 is 0 Å². The van der Waals surface area contributed by atoms with Crippen LogP contribution < -0.4 is 10.6 Å². The van der Waals surface area contributed by atoms with Gasteiger partial charge in [-0.3, -0.25) is 0 Å². The van der Waals surface area contributed by atoms with Gasteiger partial charge in [-0.05, 0) is 30.7 Å². The second-order valence-corrected chi connectivity index (χ2v) is 5.26. The summed E-state index contributed by atoms with van der Waals surface area (Å²) < 4.78 is 5.43. The monoisotopic (exact) mass is 296 g/mol. The van der Waals surface area contributed by atoms with Gasteiger partial charge in [0.1, 0.15) is 5.82 Å². The van der Waals surface area contributed by atoms with Crippen molar-refractivity contribution in [2.45, 2.75) is 6.42 Å². The molecule has 5 heteroatoms. The van der Waals surface area contributed by atoms with Crippen molar-refractivity contribution in [2.24, 2.45) is 0 Å². The van der Waals surface area contributed by atoms with Crippen LogP contribution in [-0.2, 0) is 11.2 Å². The van der Waals surface area contributed by atoms with Crippen LogP contribution in [0.3, 0.4) is 0 Å². The molecule has 3 rings (SSSR count). The van der Waals surface area contributed by atoms with E-state index in [4.69, 9.17) is 15.5 Å². The summed E-state index contributed by atoms with van der Waals surface area (Å²) in [6.45, 7) is 6.98. The van der Waals surface area contributed by atoms with Gasteiger partial charge in [-0.2, -0.15) is 0 Å². The number of benzene rings is 1. The molecule has 0 saturated carbocycles. The lowest BCUT2D eigenvalue weighted by atomic mass is 10.1. The van der Waals surface area contributed by atoms with E-state index in [2.05, 4.69) is 16.5 Å². The average Bonchev–Trinajstić information content (AvgIpc) is 2.57. The fraction of sp³-hybridized carbons (Fsp3) is 0.294. The molecule has 0 atom stereocenters. The van der Waals surface area contributed by atoms with E-state index in [0.29, 0.717) is 5.82 Å². The Morgan fingerprint density at radius 2 is 1.95 bits per heavy atom. The fourth-order valence-electron chi connectivity index (χ4n) is 2.52. The number of hydrogen-bond donors (Lipinski definition) is 1. The van der Waals surface area contributed by atoms with Crippen LogP contribution in [-0.4, -0.2) is 36.3 Å². The zero-order chi connectivity index (χ0) is 15.4. The lowest BCUT2D eigenvalue weighted by Crippen LogP contribution is -2.37. The van der Waals surface area contributed by atoms with Crippen molar-refractivity contribution in [1.29, 1.82) is 0 Å². The highest BCUT2D eigenvalue weighted by atomic mass is 16.5. The first-order valence-corrected chi connectivity index (χ1v) is 7.43. The Morgan fingerprint density at radius 1 is 1.23 bits per heavy atom. The van der Waals surface area contributed by atoms with Gasteiger partial charge >= 0.3 is 0 Å². The van der Waals surface area contributed by atoms with Crippen LogP contribution in [0, 0.1) is 0 Å². The molecule has 1 aromatic carbocycles. The van der Waals surface area contributed by atoms with Gasteiger partial charge in [-0.15, -0.1) is 6.58 Å². The second-order valence-electron chi connectivity index (χ2n) is 5.26. The SMILES string of the molecule is C=CCc1cnc(-c2ccc(N)cc2)nc1N1CCOCC1. The number of rotatable bonds is 4. The van der Waals surface area contributed by atoms with Crippen LogP contribution in [0.5, 0.6) is 0 Å². The number of allylic oxidation sites excluding steroid dienone is 1. The van der Waals surface area contributed by atoms with Gasteiger partial charge in [-0.1, -0.05) is 6.08 Å². The minimum atomic E-state index is 0.717. The lowest BCUT2D eigenvalue weighted by molar-refractivity contribution is 0.122. The summed E-state index contributed by atoms with van der Waals surface area (Å²) in [4.78, 5) is 11.5. The molecule has 2 aromatic rings. The normalized spacial score (nSPS) is 14.8. The van der Waals surface area contributed by atoms with Crippen LogP contribution in [0.2, 0.25) is 0 Å². The molecule has 2 N–H and O–H groups in total. The van der Waals surface area contributed by atoms with Crippen LogP contribution >= 0.6 is 0 Å². The predicted molar refractivity (Wildman–Crippen MR) is 88.8 cm³/mol. The topological polar surface area (TPSA) is 64.3 Å². The highest BCUT2D eigenvalue weighted by Crippen LogP contribution is 2.24. The summed E-state index contributed by atoms with van der Waals surface area (Å²) in [5.74, 6) is 1.69. The van der Waals surface area contributed by atoms with E-state index in [1.54, 1.807) is 0 Å². The highest BCUT2D eigenvalue weighted by Gasteiger charge is 2.17. The Bertz CT molecular complexity index is 648. The first-order valence-electron chi connectivity index (χ1n) is 7.43. The van der Waals surface area contributed by atoms with E-state index in [1.807, 2.05) is 36.5 Å². The number of ether oxygens (including phenoxy) is 1. The van der Waals surface area contributed by atoms with Crippen molar-refractivity contribution in [1.82, 2.24) is 9.97 Å². The Morgan fingerprint density at radius 3 is 2.64 bits per heavy atom. The second kappa shape index (κ2) is 6.58. The zero-order valence-corrected chi connectivity index (χ0v) is 12.5. The Labute approximate surface area is 130 Å². The first kappa shape index (κ1) is 14.5. The van der Waals surface area contributed by atoms with Gasteiger partial charge in [0.2, 0.25) is 0 Å².